The number of hydrogen-bond donors (Lipinski definition) is 1. The molecule has 0 aliphatic carbocycles. The molecular formula is C31H35FN8O3. The molecule has 2 aromatic carbocycles. The first-order valence-corrected chi connectivity index (χ1v) is 14.6. The predicted octanol–water partition coefficient (Wildman–Crippen LogP) is 4.37. The summed E-state index contributed by atoms with van der Waals surface area (Å²) in [7, 11) is 0. The number of benzene rings is 2. The summed E-state index contributed by atoms with van der Waals surface area (Å²) in [5.41, 5.74) is 4.72. The fourth-order valence-electron chi connectivity index (χ4n) is 5.73. The number of halogens is 1. The number of carbonyl (C=O) groups is 2. The smallest absolute Gasteiger partial charge is 0.265 e. The molecule has 43 heavy (non-hydrogen) atoms. The van der Waals surface area contributed by atoms with Crippen molar-refractivity contribution in [2.24, 2.45) is 0 Å². The summed E-state index contributed by atoms with van der Waals surface area (Å²) < 4.78 is 23.1. The van der Waals surface area contributed by atoms with E-state index in [0.29, 0.717) is 48.9 Å². The van der Waals surface area contributed by atoms with Crippen molar-refractivity contribution in [2.45, 2.75) is 40.3 Å². The molecule has 0 atom stereocenters. The summed E-state index contributed by atoms with van der Waals surface area (Å²) >= 11 is 0. The maximum absolute atomic E-state index is 15.1. The van der Waals surface area contributed by atoms with Crippen molar-refractivity contribution in [1.29, 1.82) is 0 Å². The molecule has 2 aliphatic rings. The third-order valence-corrected chi connectivity index (χ3v) is 8.01. The first-order chi connectivity index (χ1) is 20.7. The molecule has 0 spiro atoms. The number of fused-ring (bicyclic) bond motifs is 2. The molecule has 0 bridgehead atoms. The lowest BCUT2D eigenvalue weighted by Gasteiger charge is -2.35. The highest BCUT2D eigenvalue weighted by Gasteiger charge is 2.29. The van der Waals surface area contributed by atoms with Gasteiger partial charge in [-0.1, -0.05) is 6.07 Å². The summed E-state index contributed by atoms with van der Waals surface area (Å²) in [6, 6.07) is 9.55. The maximum Gasteiger partial charge on any atom is 0.265 e. The minimum Gasteiger partial charge on any atom is -0.481 e. The molecule has 224 valence electrons. The second-order valence-electron chi connectivity index (χ2n) is 11.2. The molecule has 2 aliphatic heterocycles. The number of amides is 2. The number of nitrogens with one attached hydrogen (secondary N) is 1. The number of carbonyl (C=O) groups excluding carboxylic acids is 2. The van der Waals surface area contributed by atoms with Crippen molar-refractivity contribution in [2.75, 3.05) is 49.5 Å². The summed E-state index contributed by atoms with van der Waals surface area (Å²) in [6.45, 7) is 11.5. The van der Waals surface area contributed by atoms with Gasteiger partial charge in [-0.05, 0) is 45.0 Å². The molecule has 6 rings (SSSR count). The van der Waals surface area contributed by atoms with Crippen LogP contribution in [0, 0.1) is 5.82 Å². The Morgan fingerprint density at radius 1 is 1.12 bits per heavy atom. The Kier molecular flexibility index (Phi) is 7.70. The molecule has 11 nitrogen and oxygen atoms in total. The topological polar surface area (TPSA) is 109 Å². The molecule has 4 aromatic rings. The molecule has 1 saturated heterocycles. The van der Waals surface area contributed by atoms with Gasteiger partial charge < -0.3 is 24.4 Å². The number of rotatable bonds is 7. The van der Waals surface area contributed by atoms with Crippen LogP contribution < -0.4 is 15.0 Å². The Morgan fingerprint density at radius 2 is 1.91 bits per heavy atom. The molecule has 0 saturated carbocycles. The van der Waals surface area contributed by atoms with Gasteiger partial charge in [0.25, 0.3) is 5.91 Å². The van der Waals surface area contributed by atoms with Crippen LogP contribution in [0.4, 0.5) is 21.7 Å². The number of likely N-dealkylation sites (N-methyl/N-ethyl adjacent to an activating group) is 1. The number of anilines is 3. The third-order valence-electron chi connectivity index (χ3n) is 8.01. The van der Waals surface area contributed by atoms with Crippen LogP contribution in [-0.2, 0) is 16.1 Å². The van der Waals surface area contributed by atoms with Crippen LogP contribution in [0.1, 0.15) is 39.3 Å². The van der Waals surface area contributed by atoms with Crippen molar-refractivity contribution in [3.8, 4) is 17.0 Å². The molecule has 0 radical (unpaired) electrons. The summed E-state index contributed by atoms with van der Waals surface area (Å²) in [5.74, 6) is 0.308. The Labute approximate surface area is 249 Å². The van der Waals surface area contributed by atoms with E-state index in [1.807, 2.05) is 40.7 Å². The van der Waals surface area contributed by atoms with Crippen molar-refractivity contribution < 1.29 is 18.7 Å². The number of hydrogen-bond acceptors (Lipinski definition) is 8. The average molecular weight is 587 g/mol. The number of imidazole rings is 1. The monoisotopic (exact) mass is 586 g/mol. The van der Waals surface area contributed by atoms with Gasteiger partial charge in [-0.15, -0.1) is 0 Å². The highest BCUT2D eigenvalue weighted by Crippen LogP contribution is 2.40. The Bertz CT molecular complexity index is 1700. The highest BCUT2D eigenvalue weighted by atomic mass is 19.1. The zero-order chi connectivity index (χ0) is 30.2. The van der Waals surface area contributed by atoms with Crippen molar-refractivity contribution >= 4 is 40.2 Å². The van der Waals surface area contributed by atoms with E-state index >= 15 is 4.39 Å². The van der Waals surface area contributed by atoms with Crippen LogP contribution in [0.15, 0.2) is 42.9 Å². The number of piperazine rings is 1. The maximum atomic E-state index is 15.1. The SMILES string of the molecule is CCN1C(=O)COc2c(CN3CCN(C(C)=O)CC3)cc(Nc3ncc(F)c(-c4ccc5ncn(C(C)C)c5c4)n3)cc21. The second kappa shape index (κ2) is 11.6. The van der Waals surface area contributed by atoms with E-state index < -0.39 is 5.82 Å². The lowest BCUT2D eigenvalue weighted by Crippen LogP contribution is -2.47. The molecule has 4 heterocycles. The number of aromatic nitrogens is 4. The van der Waals surface area contributed by atoms with E-state index in [4.69, 9.17) is 4.74 Å². The first kappa shape index (κ1) is 28.5. The molecule has 1 fully saturated rings. The normalized spacial score (nSPS) is 15.6. The van der Waals surface area contributed by atoms with Gasteiger partial charge in [-0.25, -0.2) is 19.3 Å². The second-order valence-corrected chi connectivity index (χ2v) is 11.2. The minimum absolute atomic E-state index is 0.0246. The number of ether oxygens (including phenoxy) is 1. The van der Waals surface area contributed by atoms with Crippen molar-refractivity contribution in [3.05, 3.63) is 54.2 Å². The van der Waals surface area contributed by atoms with Crippen LogP contribution in [0.25, 0.3) is 22.3 Å². The predicted molar refractivity (Wildman–Crippen MR) is 162 cm³/mol. The van der Waals surface area contributed by atoms with Gasteiger partial charge in [-0.3, -0.25) is 14.5 Å². The van der Waals surface area contributed by atoms with Gasteiger partial charge in [0.15, 0.2) is 12.4 Å². The molecule has 12 heteroatoms. The van der Waals surface area contributed by atoms with Crippen molar-refractivity contribution in [3.63, 3.8) is 0 Å². The Balaban J connectivity index is 1.33. The summed E-state index contributed by atoms with van der Waals surface area (Å²) in [5, 5.41) is 3.24. The van der Waals surface area contributed by atoms with Crippen molar-refractivity contribution in [1.82, 2.24) is 29.3 Å². The van der Waals surface area contributed by atoms with Gasteiger partial charge in [0.05, 0.1) is 29.2 Å². The number of nitrogens with zero attached hydrogens (tertiary/aromatic N) is 7. The lowest BCUT2D eigenvalue weighted by atomic mass is 10.1. The van der Waals surface area contributed by atoms with Gasteiger partial charge in [0.1, 0.15) is 11.4 Å². The third kappa shape index (κ3) is 5.62. The minimum atomic E-state index is -0.535. The van der Waals surface area contributed by atoms with Gasteiger partial charge >= 0.3 is 0 Å². The first-order valence-electron chi connectivity index (χ1n) is 14.6. The quantitative estimate of drug-likeness (QED) is 0.340. The van der Waals surface area contributed by atoms with Gasteiger partial charge in [0, 0.05) is 69.0 Å². The summed E-state index contributed by atoms with van der Waals surface area (Å²) in [6.07, 6.45) is 2.95. The standard InChI is InChI=1S/C31H35FN8O3/c1-5-39-27-14-23(12-22(30(27)43-17-28(39)42)16-37-8-10-38(11-9-37)20(4)41)35-31-33-15-24(32)29(36-31)21-6-7-25-26(13-21)40(18-34-25)19(2)3/h6-7,12-15,18-19H,5,8-11,16-17H2,1-4H3,(H,33,35,36). The summed E-state index contributed by atoms with van der Waals surface area (Å²) in [4.78, 5) is 43.5. The van der Waals surface area contributed by atoms with Gasteiger partial charge in [0.2, 0.25) is 11.9 Å². The van der Waals surface area contributed by atoms with E-state index in [2.05, 4.69) is 39.0 Å². The van der Waals surface area contributed by atoms with E-state index in [9.17, 15) is 9.59 Å². The largest absolute Gasteiger partial charge is 0.481 e. The van der Waals surface area contributed by atoms with E-state index in [-0.39, 0.29) is 36.1 Å². The zero-order valence-electron chi connectivity index (χ0n) is 24.8. The van der Waals surface area contributed by atoms with E-state index in [1.54, 1.807) is 24.2 Å². The van der Waals surface area contributed by atoms with E-state index in [0.717, 1.165) is 35.9 Å². The van der Waals surface area contributed by atoms with Crippen LogP contribution >= 0.6 is 0 Å². The molecule has 2 aromatic heterocycles. The fraction of sp³-hybridized carbons (Fsp3) is 0.387. The fourth-order valence-corrected chi connectivity index (χ4v) is 5.73. The molecule has 2 amide bonds. The van der Waals surface area contributed by atoms with Crippen LogP contribution in [0.2, 0.25) is 0 Å². The molecule has 0 unspecified atom stereocenters. The Morgan fingerprint density at radius 3 is 2.63 bits per heavy atom. The highest BCUT2D eigenvalue weighted by molar-refractivity contribution is 5.99. The lowest BCUT2D eigenvalue weighted by molar-refractivity contribution is -0.130. The van der Waals surface area contributed by atoms with Crippen LogP contribution in [-0.4, -0.2) is 80.5 Å². The van der Waals surface area contributed by atoms with Gasteiger partial charge in [-0.2, -0.15) is 0 Å². The molecule has 1 N–H and O–H groups in total. The van der Waals surface area contributed by atoms with E-state index in [1.165, 1.54) is 0 Å². The molecular weight excluding hydrogens is 551 g/mol. The average Bonchev–Trinajstić information content (AvgIpc) is 3.42. The zero-order valence-corrected chi connectivity index (χ0v) is 24.8. The van der Waals surface area contributed by atoms with Crippen LogP contribution in [0.5, 0.6) is 5.75 Å². The van der Waals surface area contributed by atoms with Crippen LogP contribution in [0.3, 0.4) is 0 Å². The Hall–Kier alpha value is -4.58.